The predicted molar refractivity (Wildman–Crippen MR) is 124 cm³/mol. The standard InChI is InChI=1S/C25H27FN2O4S/c1-3-17(2)28(25(30)22-8-5-12-31-22)15-24(29)27-11-9-23-20(10-13-33-23)21(27)16-32-19-7-4-6-18(26)14-19/h4-8,10,12-14,17,21H,3,9,11,15-16H2,1-2H3/t17-,21-/m0/s1. The van der Waals surface area contributed by atoms with Gasteiger partial charge in [-0.1, -0.05) is 13.0 Å². The normalized spacial score (nSPS) is 16.2. The number of furan rings is 1. The van der Waals surface area contributed by atoms with Crippen molar-refractivity contribution in [3.05, 3.63) is 76.1 Å². The van der Waals surface area contributed by atoms with Gasteiger partial charge < -0.3 is 19.0 Å². The first-order valence-electron chi connectivity index (χ1n) is 11.1. The average Bonchev–Trinajstić information content (AvgIpc) is 3.52. The minimum Gasteiger partial charge on any atom is -0.491 e. The van der Waals surface area contributed by atoms with E-state index in [0.29, 0.717) is 18.7 Å². The first-order chi connectivity index (χ1) is 16.0. The fourth-order valence-corrected chi connectivity index (χ4v) is 4.96. The Bertz CT molecular complexity index is 1100. The van der Waals surface area contributed by atoms with Gasteiger partial charge in [0.15, 0.2) is 5.76 Å². The summed E-state index contributed by atoms with van der Waals surface area (Å²) >= 11 is 1.66. The van der Waals surface area contributed by atoms with Gasteiger partial charge in [0.05, 0.1) is 12.3 Å². The molecule has 0 fully saturated rings. The molecule has 174 valence electrons. The third-order valence-corrected chi connectivity index (χ3v) is 7.04. The first kappa shape index (κ1) is 23.0. The molecule has 1 aliphatic rings. The van der Waals surface area contributed by atoms with Crippen molar-refractivity contribution in [2.24, 2.45) is 0 Å². The maximum atomic E-state index is 13.6. The van der Waals surface area contributed by atoms with E-state index in [1.165, 1.54) is 23.3 Å². The summed E-state index contributed by atoms with van der Waals surface area (Å²) in [4.78, 5) is 31.1. The van der Waals surface area contributed by atoms with Crippen molar-refractivity contribution >= 4 is 23.2 Å². The second-order valence-electron chi connectivity index (χ2n) is 8.09. The third kappa shape index (κ3) is 5.11. The second kappa shape index (κ2) is 10.2. The molecule has 3 aromatic rings. The number of thiophene rings is 1. The van der Waals surface area contributed by atoms with Crippen molar-refractivity contribution in [2.75, 3.05) is 19.7 Å². The van der Waals surface area contributed by atoms with Crippen LogP contribution in [-0.2, 0) is 11.2 Å². The number of halogens is 1. The van der Waals surface area contributed by atoms with Crippen molar-refractivity contribution in [3.63, 3.8) is 0 Å². The summed E-state index contributed by atoms with van der Waals surface area (Å²) in [5.41, 5.74) is 1.04. The number of rotatable bonds is 8. The number of benzene rings is 1. The number of carbonyl (C=O) groups excluding carboxylic acids is 2. The van der Waals surface area contributed by atoms with Crippen LogP contribution >= 0.6 is 11.3 Å². The summed E-state index contributed by atoms with van der Waals surface area (Å²) in [5.74, 6) is -0.198. The number of hydrogen-bond donors (Lipinski definition) is 0. The van der Waals surface area contributed by atoms with Gasteiger partial charge in [-0.2, -0.15) is 0 Å². The summed E-state index contributed by atoms with van der Waals surface area (Å²) in [7, 11) is 0. The van der Waals surface area contributed by atoms with Crippen molar-refractivity contribution in [2.45, 2.75) is 38.8 Å². The fraction of sp³-hybridized carbons (Fsp3) is 0.360. The SMILES string of the molecule is CC[C@H](C)N(CC(=O)N1CCc2sccc2[C@@H]1COc1cccc(F)c1)C(=O)c1ccco1. The van der Waals surface area contributed by atoms with Crippen LogP contribution in [0.15, 0.2) is 58.5 Å². The van der Waals surface area contributed by atoms with Gasteiger partial charge in [-0.25, -0.2) is 4.39 Å². The Morgan fingerprint density at radius 2 is 2.15 bits per heavy atom. The van der Waals surface area contributed by atoms with Crippen LogP contribution in [0.25, 0.3) is 0 Å². The number of nitrogens with zero attached hydrogens (tertiary/aromatic N) is 2. The number of amides is 2. The Labute approximate surface area is 196 Å². The van der Waals surface area contributed by atoms with Crippen molar-refractivity contribution in [1.82, 2.24) is 9.80 Å². The highest BCUT2D eigenvalue weighted by Crippen LogP contribution is 2.34. The molecule has 1 aliphatic heterocycles. The summed E-state index contributed by atoms with van der Waals surface area (Å²) in [6.45, 7) is 4.59. The first-order valence-corrected chi connectivity index (χ1v) is 11.9. The summed E-state index contributed by atoms with van der Waals surface area (Å²) in [5, 5.41) is 2.01. The molecule has 0 aliphatic carbocycles. The topological polar surface area (TPSA) is 63.0 Å². The van der Waals surface area contributed by atoms with E-state index in [1.54, 1.807) is 45.4 Å². The highest BCUT2D eigenvalue weighted by molar-refractivity contribution is 7.10. The van der Waals surface area contributed by atoms with Gasteiger partial charge in [-0.05, 0) is 61.0 Å². The zero-order valence-electron chi connectivity index (χ0n) is 18.7. The molecule has 0 unspecified atom stereocenters. The molecule has 0 saturated carbocycles. The molecule has 2 aromatic heterocycles. The summed E-state index contributed by atoms with van der Waals surface area (Å²) in [6, 6.07) is 10.8. The van der Waals surface area contributed by atoms with E-state index >= 15 is 0 Å². The quantitative estimate of drug-likeness (QED) is 0.469. The zero-order chi connectivity index (χ0) is 23.4. The van der Waals surface area contributed by atoms with Gasteiger partial charge in [0, 0.05) is 23.5 Å². The fourth-order valence-electron chi connectivity index (χ4n) is 4.03. The lowest BCUT2D eigenvalue weighted by atomic mass is 10.00. The maximum absolute atomic E-state index is 13.6. The number of fused-ring (bicyclic) bond motifs is 1. The third-order valence-electron chi connectivity index (χ3n) is 6.04. The number of carbonyl (C=O) groups is 2. The summed E-state index contributed by atoms with van der Waals surface area (Å²) < 4.78 is 24.8. The van der Waals surface area contributed by atoms with Crippen LogP contribution in [0, 0.1) is 5.82 Å². The van der Waals surface area contributed by atoms with Crippen LogP contribution in [0.5, 0.6) is 5.75 Å². The average molecular weight is 471 g/mol. The summed E-state index contributed by atoms with van der Waals surface area (Å²) in [6.07, 6.45) is 2.91. The van der Waals surface area contributed by atoms with Crippen LogP contribution < -0.4 is 4.74 Å². The van der Waals surface area contributed by atoms with E-state index in [2.05, 4.69) is 0 Å². The molecular weight excluding hydrogens is 443 g/mol. The van der Waals surface area contributed by atoms with Crippen molar-refractivity contribution in [1.29, 1.82) is 0 Å². The lowest BCUT2D eigenvalue weighted by Crippen LogP contribution is -2.49. The molecule has 6 nitrogen and oxygen atoms in total. The van der Waals surface area contributed by atoms with Crippen LogP contribution in [-0.4, -0.2) is 47.4 Å². The Morgan fingerprint density at radius 3 is 2.88 bits per heavy atom. The lowest BCUT2D eigenvalue weighted by molar-refractivity contribution is -0.136. The monoisotopic (exact) mass is 470 g/mol. The van der Waals surface area contributed by atoms with E-state index < -0.39 is 0 Å². The molecule has 4 rings (SSSR count). The van der Waals surface area contributed by atoms with E-state index in [9.17, 15) is 14.0 Å². The van der Waals surface area contributed by atoms with E-state index in [1.807, 2.05) is 25.3 Å². The number of ether oxygens (including phenoxy) is 1. The Morgan fingerprint density at radius 1 is 1.30 bits per heavy atom. The smallest absolute Gasteiger partial charge is 0.290 e. The maximum Gasteiger partial charge on any atom is 0.290 e. The molecule has 0 bridgehead atoms. The van der Waals surface area contributed by atoms with Crippen LogP contribution in [0.2, 0.25) is 0 Å². The minimum atomic E-state index is -0.374. The Balaban J connectivity index is 1.54. The predicted octanol–water partition coefficient (Wildman–Crippen LogP) is 4.93. The Kier molecular flexibility index (Phi) is 7.13. The van der Waals surface area contributed by atoms with Crippen LogP contribution in [0.1, 0.15) is 47.3 Å². The zero-order valence-corrected chi connectivity index (χ0v) is 19.5. The molecule has 8 heteroatoms. The Hall–Kier alpha value is -3.13. The molecule has 0 radical (unpaired) electrons. The van der Waals surface area contributed by atoms with Gasteiger partial charge in [-0.15, -0.1) is 11.3 Å². The lowest BCUT2D eigenvalue weighted by Gasteiger charge is -2.38. The molecule has 0 N–H and O–H groups in total. The molecule has 33 heavy (non-hydrogen) atoms. The molecule has 0 saturated heterocycles. The minimum absolute atomic E-state index is 0.0511. The van der Waals surface area contributed by atoms with Gasteiger partial charge in [0.2, 0.25) is 5.91 Å². The highest BCUT2D eigenvalue weighted by Gasteiger charge is 2.34. The highest BCUT2D eigenvalue weighted by atomic mass is 32.1. The molecule has 1 aromatic carbocycles. The van der Waals surface area contributed by atoms with Gasteiger partial charge in [0.25, 0.3) is 5.91 Å². The van der Waals surface area contributed by atoms with Crippen molar-refractivity contribution in [3.8, 4) is 5.75 Å². The van der Waals surface area contributed by atoms with Crippen molar-refractivity contribution < 1.29 is 23.1 Å². The van der Waals surface area contributed by atoms with E-state index in [-0.39, 0.29) is 48.6 Å². The van der Waals surface area contributed by atoms with Gasteiger partial charge in [0.1, 0.15) is 24.7 Å². The van der Waals surface area contributed by atoms with Gasteiger partial charge >= 0.3 is 0 Å². The van der Waals surface area contributed by atoms with E-state index in [4.69, 9.17) is 9.15 Å². The van der Waals surface area contributed by atoms with Crippen LogP contribution in [0.3, 0.4) is 0 Å². The molecule has 0 spiro atoms. The molecule has 3 heterocycles. The molecular formula is C25H27FN2O4S. The molecule has 2 atom stereocenters. The number of hydrogen-bond acceptors (Lipinski definition) is 5. The van der Waals surface area contributed by atoms with E-state index in [0.717, 1.165) is 12.0 Å². The largest absolute Gasteiger partial charge is 0.491 e. The van der Waals surface area contributed by atoms with Crippen LogP contribution in [0.4, 0.5) is 4.39 Å². The second-order valence-corrected chi connectivity index (χ2v) is 9.09. The molecule has 2 amide bonds. The van der Waals surface area contributed by atoms with Gasteiger partial charge in [-0.3, -0.25) is 9.59 Å².